The Morgan fingerprint density at radius 2 is 1.91 bits per heavy atom. The highest BCUT2D eigenvalue weighted by Crippen LogP contribution is 2.37. The summed E-state index contributed by atoms with van der Waals surface area (Å²) in [5.41, 5.74) is 1.40. The zero-order valence-electron chi connectivity index (χ0n) is 17.2. The van der Waals surface area contributed by atoms with E-state index in [4.69, 9.17) is 19.7 Å². The van der Waals surface area contributed by atoms with Crippen molar-refractivity contribution in [3.05, 3.63) is 61.6 Å². The highest BCUT2D eigenvalue weighted by atomic mass is 127. The van der Waals surface area contributed by atoms with Gasteiger partial charge >= 0.3 is 11.9 Å². The van der Waals surface area contributed by atoms with Crippen LogP contribution in [-0.2, 0) is 16.2 Å². The van der Waals surface area contributed by atoms with Crippen LogP contribution in [0.1, 0.15) is 28.4 Å². The van der Waals surface area contributed by atoms with Gasteiger partial charge in [0.05, 0.1) is 20.6 Å². The lowest BCUT2D eigenvalue weighted by atomic mass is 10.1. The average molecular weight is 583 g/mol. The number of hydrogen-bond donors (Lipinski definition) is 2. The number of carbonyl (C=O) groups is 4. The van der Waals surface area contributed by atoms with E-state index in [1.807, 2.05) is 0 Å². The second kappa shape index (κ2) is 10.7. The first-order valence-corrected chi connectivity index (χ1v) is 11.5. The summed E-state index contributed by atoms with van der Waals surface area (Å²) in [7, 11) is 0. The number of aromatic carboxylic acids is 1. The minimum absolute atomic E-state index is 0.110. The van der Waals surface area contributed by atoms with Crippen molar-refractivity contribution < 1.29 is 38.9 Å². The van der Waals surface area contributed by atoms with Crippen LogP contribution >= 0.6 is 34.4 Å². The van der Waals surface area contributed by atoms with E-state index in [9.17, 15) is 19.2 Å². The van der Waals surface area contributed by atoms with Gasteiger partial charge in [-0.2, -0.15) is 0 Å². The van der Waals surface area contributed by atoms with Gasteiger partial charge in [0.2, 0.25) is 0 Å². The number of aliphatic carboxylic acids is 1. The monoisotopic (exact) mass is 583 g/mol. The minimum atomic E-state index is -1.28. The number of benzene rings is 2. The number of rotatable bonds is 9. The van der Waals surface area contributed by atoms with Gasteiger partial charge in [-0.05, 0) is 82.7 Å². The lowest BCUT2D eigenvalue weighted by molar-refractivity contribution is -0.140. The maximum absolute atomic E-state index is 12.4. The quantitative estimate of drug-likeness (QED) is 0.331. The highest BCUT2D eigenvalue weighted by molar-refractivity contribution is 14.1. The molecule has 9 nitrogen and oxygen atoms in total. The fourth-order valence-electron chi connectivity index (χ4n) is 2.95. The Hall–Kier alpha value is -3.06. The molecule has 2 aromatic carbocycles. The zero-order chi connectivity index (χ0) is 24.1. The number of imide groups is 1. The van der Waals surface area contributed by atoms with E-state index >= 15 is 0 Å². The van der Waals surface area contributed by atoms with Gasteiger partial charge < -0.3 is 19.7 Å². The first kappa shape index (κ1) is 24.6. The molecule has 2 aromatic rings. The maximum atomic E-state index is 12.4. The minimum Gasteiger partial charge on any atom is -0.490 e. The molecule has 2 N–H and O–H groups in total. The molecule has 0 bridgehead atoms. The summed E-state index contributed by atoms with van der Waals surface area (Å²) in [6.45, 7) is 1.57. The van der Waals surface area contributed by atoms with Gasteiger partial charge in [0, 0.05) is 0 Å². The maximum Gasteiger partial charge on any atom is 0.335 e. The molecular weight excluding hydrogens is 565 g/mol. The van der Waals surface area contributed by atoms with Crippen molar-refractivity contribution in [1.29, 1.82) is 0 Å². The predicted molar refractivity (Wildman–Crippen MR) is 128 cm³/mol. The van der Waals surface area contributed by atoms with Crippen LogP contribution in [-0.4, -0.2) is 51.3 Å². The highest BCUT2D eigenvalue weighted by Gasteiger charge is 2.36. The van der Waals surface area contributed by atoms with E-state index in [1.54, 1.807) is 31.2 Å². The van der Waals surface area contributed by atoms with Crippen LogP contribution in [0.2, 0.25) is 0 Å². The molecule has 1 heterocycles. The van der Waals surface area contributed by atoms with Crippen LogP contribution in [0.3, 0.4) is 0 Å². The van der Waals surface area contributed by atoms with Crippen molar-refractivity contribution in [2.75, 3.05) is 13.2 Å². The van der Waals surface area contributed by atoms with Crippen LogP contribution in [0, 0.1) is 3.57 Å². The fourth-order valence-corrected chi connectivity index (χ4v) is 4.57. The van der Waals surface area contributed by atoms with E-state index in [-0.39, 0.29) is 17.1 Å². The predicted octanol–water partition coefficient (Wildman–Crippen LogP) is 4.09. The van der Waals surface area contributed by atoms with E-state index < -0.39 is 29.6 Å². The number of halogens is 1. The number of ether oxygens (including phenoxy) is 2. The second-order valence-electron chi connectivity index (χ2n) is 6.72. The number of hydrogen-bond acceptors (Lipinski definition) is 7. The van der Waals surface area contributed by atoms with Crippen molar-refractivity contribution in [2.24, 2.45) is 0 Å². The number of carboxylic acids is 2. The van der Waals surface area contributed by atoms with Gasteiger partial charge in [-0.3, -0.25) is 19.3 Å². The standard InChI is InChI=1S/C22H18INO8S/c1-2-31-16-8-13(9-17-20(27)24(10-18(25)26)22(30)33-17)7-15(23)19(16)32-11-12-4-3-5-14(6-12)21(28)29/h3-9H,2,10-11H2,1H3,(H,25,26)(H,28,29)/b17-9+. The summed E-state index contributed by atoms with van der Waals surface area (Å²) in [6.07, 6.45) is 1.50. The van der Waals surface area contributed by atoms with Crippen LogP contribution in [0.4, 0.5) is 4.79 Å². The molecule has 3 rings (SSSR count). The smallest absolute Gasteiger partial charge is 0.335 e. The largest absolute Gasteiger partial charge is 0.490 e. The molecule has 172 valence electrons. The summed E-state index contributed by atoms with van der Waals surface area (Å²) in [5.74, 6) is -2.11. The number of carboxylic acid groups (broad SMARTS) is 2. The first-order valence-electron chi connectivity index (χ1n) is 9.58. The topological polar surface area (TPSA) is 130 Å². The molecule has 2 amide bonds. The molecule has 1 aliphatic rings. The van der Waals surface area contributed by atoms with Gasteiger partial charge in [0.1, 0.15) is 13.2 Å². The van der Waals surface area contributed by atoms with Crippen molar-refractivity contribution >= 4 is 63.5 Å². The van der Waals surface area contributed by atoms with E-state index in [1.165, 1.54) is 18.2 Å². The number of nitrogens with zero attached hydrogens (tertiary/aromatic N) is 1. The van der Waals surface area contributed by atoms with Gasteiger partial charge in [0.15, 0.2) is 11.5 Å². The van der Waals surface area contributed by atoms with Crippen molar-refractivity contribution in [2.45, 2.75) is 13.5 Å². The SMILES string of the molecule is CCOc1cc(/C=C2/SC(=O)N(CC(=O)O)C2=O)cc(I)c1OCc1cccc(C(=O)O)c1. The summed E-state index contributed by atoms with van der Waals surface area (Å²) < 4.78 is 12.3. The van der Waals surface area contributed by atoms with E-state index in [0.29, 0.717) is 49.5 Å². The molecule has 0 saturated carbocycles. The van der Waals surface area contributed by atoms with Gasteiger partial charge in [-0.25, -0.2) is 4.79 Å². The molecule has 0 radical (unpaired) electrons. The Kier molecular flexibility index (Phi) is 7.97. The third-order valence-electron chi connectivity index (χ3n) is 4.35. The summed E-state index contributed by atoms with van der Waals surface area (Å²) in [4.78, 5) is 47.2. The third-order valence-corrected chi connectivity index (χ3v) is 6.06. The van der Waals surface area contributed by atoms with Crippen molar-refractivity contribution in [3.63, 3.8) is 0 Å². The Bertz CT molecular complexity index is 1160. The molecule has 0 spiro atoms. The third kappa shape index (κ3) is 6.05. The number of thioether (sulfide) groups is 1. The Labute approximate surface area is 206 Å². The molecule has 0 unspecified atom stereocenters. The van der Waals surface area contributed by atoms with Crippen LogP contribution < -0.4 is 9.47 Å². The summed E-state index contributed by atoms with van der Waals surface area (Å²) in [5, 5.41) is 17.4. The van der Waals surface area contributed by atoms with Crippen molar-refractivity contribution in [3.8, 4) is 11.5 Å². The van der Waals surface area contributed by atoms with Gasteiger partial charge in [-0.1, -0.05) is 12.1 Å². The molecule has 0 atom stereocenters. The molecule has 33 heavy (non-hydrogen) atoms. The fraction of sp³-hybridized carbons (Fsp3) is 0.182. The van der Waals surface area contributed by atoms with Crippen LogP contribution in [0.5, 0.6) is 11.5 Å². The van der Waals surface area contributed by atoms with Crippen LogP contribution in [0.25, 0.3) is 6.08 Å². The molecule has 1 aliphatic heterocycles. The van der Waals surface area contributed by atoms with Crippen LogP contribution in [0.15, 0.2) is 41.3 Å². The summed E-state index contributed by atoms with van der Waals surface area (Å²) in [6, 6.07) is 9.79. The normalized spacial score (nSPS) is 14.6. The molecule has 1 fully saturated rings. The molecule has 0 aromatic heterocycles. The lowest BCUT2D eigenvalue weighted by Gasteiger charge is -2.15. The van der Waals surface area contributed by atoms with E-state index in [0.717, 1.165) is 0 Å². The van der Waals surface area contributed by atoms with Gasteiger partial charge in [0.25, 0.3) is 11.1 Å². The lowest BCUT2D eigenvalue weighted by Crippen LogP contribution is -2.33. The molecular formula is C22H18INO8S. The van der Waals surface area contributed by atoms with E-state index in [2.05, 4.69) is 22.6 Å². The zero-order valence-corrected chi connectivity index (χ0v) is 20.2. The summed E-state index contributed by atoms with van der Waals surface area (Å²) >= 11 is 2.72. The first-order chi connectivity index (χ1) is 15.7. The number of carbonyl (C=O) groups excluding carboxylic acids is 2. The van der Waals surface area contributed by atoms with Gasteiger partial charge in [-0.15, -0.1) is 0 Å². The Morgan fingerprint density at radius 1 is 1.15 bits per heavy atom. The molecule has 1 saturated heterocycles. The van der Waals surface area contributed by atoms with Crippen molar-refractivity contribution in [1.82, 2.24) is 4.90 Å². The molecule has 0 aliphatic carbocycles. The number of amides is 2. The average Bonchev–Trinajstić information content (AvgIpc) is 3.00. The Morgan fingerprint density at radius 3 is 2.58 bits per heavy atom. The molecule has 11 heteroatoms. The Balaban J connectivity index is 1.85. The second-order valence-corrected chi connectivity index (χ2v) is 8.87.